The van der Waals surface area contributed by atoms with Crippen molar-refractivity contribution in [2.45, 2.75) is 63.7 Å². The normalized spacial score (nSPS) is 25.3. The summed E-state index contributed by atoms with van der Waals surface area (Å²) >= 11 is 0. The molecule has 1 atom stereocenters. The van der Waals surface area contributed by atoms with Gasteiger partial charge in [0.25, 0.3) is 0 Å². The van der Waals surface area contributed by atoms with Crippen molar-refractivity contribution in [3.05, 3.63) is 35.4 Å². The van der Waals surface area contributed by atoms with Crippen LogP contribution < -0.4 is 5.32 Å². The molecular formula is C19H29N. The molecule has 1 aliphatic carbocycles. The summed E-state index contributed by atoms with van der Waals surface area (Å²) in [5.41, 5.74) is 3.19. The summed E-state index contributed by atoms with van der Waals surface area (Å²) in [4.78, 5) is 0. The van der Waals surface area contributed by atoms with E-state index < -0.39 is 0 Å². The lowest BCUT2D eigenvalue weighted by atomic mass is 9.87. The fourth-order valence-corrected chi connectivity index (χ4v) is 4.02. The minimum absolute atomic E-state index is 0.835. The molecule has 0 aromatic heterocycles. The molecule has 2 aliphatic rings. The maximum absolute atomic E-state index is 3.54. The van der Waals surface area contributed by atoms with Crippen LogP contribution in [0.4, 0.5) is 0 Å². The van der Waals surface area contributed by atoms with Gasteiger partial charge in [0.2, 0.25) is 0 Å². The van der Waals surface area contributed by atoms with Crippen LogP contribution in [0.2, 0.25) is 0 Å². The molecule has 1 aromatic carbocycles. The van der Waals surface area contributed by atoms with E-state index in [4.69, 9.17) is 0 Å². The van der Waals surface area contributed by atoms with Crippen LogP contribution in [0.1, 0.15) is 68.4 Å². The number of rotatable bonds is 3. The van der Waals surface area contributed by atoms with Gasteiger partial charge in [-0.2, -0.15) is 0 Å². The Bertz CT molecular complexity index is 398. The number of hydrogen-bond acceptors (Lipinski definition) is 1. The van der Waals surface area contributed by atoms with E-state index in [0.717, 1.165) is 11.8 Å². The summed E-state index contributed by atoms with van der Waals surface area (Å²) in [5, 5.41) is 3.54. The van der Waals surface area contributed by atoms with E-state index in [-0.39, 0.29) is 0 Å². The smallest absolute Gasteiger partial charge is 0.00173 e. The van der Waals surface area contributed by atoms with Crippen LogP contribution in [-0.2, 0) is 6.42 Å². The van der Waals surface area contributed by atoms with Crippen LogP contribution in [0.25, 0.3) is 0 Å². The molecule has 0 amide bonds. The molecule has 1 saturated heterocycles. The highest BCUT2D eigenvalue weighted by Crippen LogP contribution is 2.32. The van der Waals surface area contributed by atoms with Gasteiger partial charge in [-0.25, -0.2) is 0 Å². The van der Waals surface area contributed by atoms with Gasteiger partial charge in [-0.3, -0.25) is 0 Å². The summed E-state index contributed by atoms with van der Waals surface area (Å²) in [6.07, 6.45) is 12.6. The van der Waals surface area contributed by atoms with Crippen molar-refractivity contribution in [2.24, 2.45) is 5.92 Å². The van der Waals surface area contributed by atoms with Gasteiger partial charge >= 0.3 is 0 Å². The minimum Gasteiger partial charge on any atom is -0.316 e. The first-order chi connectivity index (χ1) is 9.92. The average molecular weight is 271 g/mol. The molecule has 110 valence electrons. The van der Waals surface area contributed by atoms with Crippen molar-refractivity contribution in [1.82, 2.24) is 5.32 Å². The lowest BCUT2D eigenvalue weighted by Gasteiger charge is -2.23. The first-order valence-corrected chi connectivity index (χ1v) is 8.71. The topological polar surface area (TPSA) is 12.0 Å². The number of hydrogen-bond donors (Lipinski definition) is 1. The second-order valence-corrected chi connectivity index (χ2v) is 6.85. The van der Waals surface area contributed by atoms with Gasteiger partial charge in [-0.05, 0) is 68.2 Å². The fraction of sp³-hybridized carbons (Fsp3) is 0.684. The SMILES string of the molecule is c1cc(CC2CCCNC2)cc(C2CCCCCC2)c1. The molecule has 1 unspecified atom stereocenters. The predicted octanol–water partition coefficient (Wildman–Crippen LogP) is 4.67. The Morgan fingerprint density at radius 2 is 1.80 bits per heavy atom. The lowest BCUT2D eigenvalue weighted by molar-refractivity contribution is 0.376. The van der Waals surface area contributed by atoms with Gasteiger partial charge in [0.1, 0.15) is 0 Å². The lowest BCUT2D eigenvalue weighted by Crippen LogP contribution is -2.30. The Hall–Kier alpha value is -0.820. The van der Waals surface area contributed by atoms with Crippen LogP contribution in [0.5, 0.6) is 0 Å². The molecule has 1 aliphatic heterocycles. The van der Waals surface area contributed by atoms with E-state index in [0.29, 0.717) is 0 Å². The molecule has 20 heavy (non-hydrogen) atoms. The first kappa shape index (κ1) is 14.1. The summed E-state index contributed by atoms with van der Waals surface area (Å²) in [6.45, 7) is 2.44. The van der Waals surface area contributed by atoms with Crippen LogP contribution in [0, 0.1) is 5.92 Å². The summed E-state index contributed by atoms with van der Waals surface area (Å²) in [6, 6.07) is 9.53. The second kappa shape index (κ2) is 7.26. The maximum Gasteiger partial charge on any atom is -0.00173 e. The van der Waals surface area contributed by atoms with Crippen molar-refractivity contribution in [3.8, 4) is 0 Å². The van der Waals surface area contributed by atoms with Crippen LogP contribution in [-0.4, -0.2) is 13.1 Å². The average Bonchev–Trinajstić information content (AvgIpc) is 2.78. The highest BCUT2D eigenvalue weighted by atomic mass is 14.9. The molecule has 0 spiro atoms. The Labute approximate surface area is 124 Å². The zero-order chi connectivity index (χ0) is 13.6. The Morgan fingerprint density at radius 3 is 2.55 bits per heavy atom. The molecule has 1 N–H and O–H groups in total. The van der Waals surface area contributed by atoms with Crippen molar-refractivity contribution in [1.29, 1.82) is 0 Å². The van der Waals surface area contributed by atoms with Gasteiger partial charge in [-0.15, -0.1) is 0 Å². The Kier molecular flexibility index (Phi) is 5.13. The highest BCUT2D eigenvalue weighted by Gasteiger charge is 2.16. The van der Waals surface area contributed by atoms with Crippen molar-refractivity contribution in [2.75, 3.05) is 13.1 Å². The van der Waals surface area contributed by atoms with E-state index in [1.807, 2.05) is 0 Å². The standard InChI is InChI=1S/C19H29N/c1-2-4-10-18(9-3-1)19-11-5-7-16(14-19)13-17-8-6-12-20-15-17/h5,7,11,14,17-18,20H,1-4,6,8-10,12-13,15H2. The predicted molar refractivity (Wildman–Crippen MR) is 86.2 cm³/mol. The maximum atomic E-state index is 3.54. The molecular weight excluding hydrogens is 242 g/mol. The third-order valence-corrected chi connectivity index (χ3v) is 5.20. The fourth-order valence-electron chi connectivity index (χ4n) is 4.02. The zero-order valence-corrected chi connectivity index (χ0v) is 12.7. The molecule has 0 bridgehead atoms. The third kappa shape index (κ3) is 3.85. The summed E-state index contributed by atoms with van der Waals surface area (Å²) in [5.74, 6) is 1.69. The molecule has 1 nitrogen and oxygen atoms in total. The molecule has 1 heterocycles. The monoisotopic (exact) mass is 271 g/mol. The van der Waals surface area contributed by atoms with Gasteiger partial charge in [0, 0.05) is 0 Å². The largest absolute Gasteiger partial charge is 0.316 e. The second-order valence-electron chi connectivity index (χ2n) is 6.85. The minimum atomic E-state index is 0.835. The van der Waals surface area contributed by atoms with Gasteiger partial charge in [0.15, 0.2) is 0 Å². The Balaban J connectivity index is 1.65. The Morgan fingerprint density at radius 1 is 0.950 bits per heavy atom. The number of piperidine rings is 1. The van der Waals surface area contributed by atoms with E-state index >= 15 is 0 Å². The zero-order valence-electron chi connectivity index (χ0n) is 12.7. The van der Waals surface area contributed by atoms with E-state index in [1.54, 1.807) is 11.1 Å². The first-order valence-electron chi connectivity index (χ1n) is 8.71. The van der Waals surface area contributed by atoms with Crippen LogP contribution in [0.15, 0.2) is 24.3 Å². The summed E-state index contributed by atoms with van der Waals surface area (Å²) < 4.78 is 0. The number of nitrogens with one attached hydrogen (secondary N) is 1. The van der Waals surface area contributed by atoms with Crippen molar-refractivity contribution >= 4 is 0 Å². The molecule has 0 radical (unpaired) electrons. The third-order valence-electron chi connectivity index (χ3n) is 5.20. The van der Waals surface area contributed by atoms with E-state index in [1.165, 1.54) is 70.9 Å². The van der Waals surface area contributed by atoms with E-state index in [2.05, 4.69) is 29.6 Å². The molecule has 2 fully saturated rings. The quantitative estimate of drug-likeness (QED) is 0.788. The van der Waals surface area contributed by atoms with Gasteiger partial charge in [0.05, 0.1) is 0 Å². The van der Waals surface area contributed by atoms with Crippen LogP contribution >= 0.6 is 0 Å². The molecule has 1 saturated carbocycles. The van der Waals surface area contributed by atoms with Crippen LogP contribution in [0.3, 0.4) is 0 Å². The molecule has 3 rings (SSSR count). The number of benzene rings is 1. The van der Waals surface area contributed by atoms with Crippen molar-refractivity contribution < 1.29 is 0 Å². The molecule has 1 heteroatoms. The molecule has 1 aromatic rings. The summed E-state index contributed by atoms with van der Waals surface area (Å²) in [7, 11) is 0. The van der Waals surface area contributed by atoms with Crippen molar-refractivity contribution in [3.63, 3.8) is 0 Å². The van der Waals surface area contributed by atoms with Gasteiger partial charge < -0.3 is 5.32 Å². The van der Waals surface area contributed by atoms with E-state index in [9.17, 15) is 0 Å². The highest BCUT2D eigenvalue weighted by molar-refractivity contribution is 5.27. The van der Waals surface area contributed by atoms with Gasteiger partial charge in [-0.1, -0.05) is 49.9 Å².